The molecule has 0 aliphatic carbocycles. The number of amides is 17. The first-order valence-electron chi connectivity index (χ1n) is 38.8. The van der Waals surface area contributed by atoms with Gasteiger partial charge in [0.25, 0.3) is 0 Å². The lowest BCUT2D eigenvalue weighted by molar-refractivity contribution is -0.138. The minimum absolute atomic E-state index is 0.113. The van der Waals surface area contributed by atoms with E-state index in [4.69, 9.17) is 33.4 Å². The van der Waals surface area contributed by atoms with E-state index in [9.17, 15) is 63.0 Å². The number of H-pyrrole nitrogens is 1. The lowest BCUT2D eigenvalue weighted by Crippen LogP contribution is -2.64. The van der Waals surface area contributed by atoms with Gasteiger partial charge < -0.3 is 118 Å². The predicted molar refractivity (Wildman–Crippen MR) is 436 cm³/mol. The Morgan fingerprint density at radius 2 is 1.18 bits per heavy atom. The van der Waals surface area contributed by atoms with Crippen molar-refractivity contribution in [2.45, 2.75) is 202 Å². The molecule has 119 heavy (non-hydrogen) atoms. The Labute approximate surface area is 690 Å². The van der Waals surface area contributed by atoms with Crippen molar-refractivity contribution in [2.75, 3.05) is 38.3 Å². The van der Waals surface area contributed by atoms with Crippen LogP contribution in [0.1, 0.15) is 121 Å². The molecule has 1 saturated heterocycles. The molecule has 0 unspecified atom stereocenters. The molecule has 1 aliphatic heterocycles. The number of unbranched alkanes of at least 4 members (excludes halogenated alkanes) is 2. The minimum atomic E-state index is -2.03. The number of primary amides is 4. The summed E-state index contributed by atoms with van der Waals surface area (Å²) in [6, 6.07) is 6.93. The molecule has 0 saturated carbocycles. The number of carbonyl (C=O) groups excluding carboxylic acids is 17. The quantitative estimate of drug-likeness (QED) is 0.0164. The van der Waals surface area contributed by atoms with Crippen LogP contribution in [0.5, 0.6) is 5.75 Å². The van der Waals surface area contributed by atoms with Crippen molar-refractivity contribution in [2.24, 2.45) is 28.7 Å². The van der Waals surface area contributed by atoms with Crippen molar-refractivity contribution in [3.63, 3.8) is 0 Å². The first-order chi connectivity index (χ1) is 56.5. The molecule has 4 aromatic carbocycles. The van der Waals surface area contributed by atoms with Crippen molar-refractivity contribution in [1.29, 1.82) is 0 Å². The number of aromatic nitrogens is 1. The number of carbonyl (C=O) groups is 17. The number of aromatic amines is 1. The molecule has 40 heteroatoms. The SMILES string of the molecule is COc1ccc(C[C@H](NC(=O)[C@@H]2CSCC[C@H](NC(C)=O)C(=O)N[C@@H](CCC(N)=O)C(=O)N[C@@H]([C@@H](C)O)C(=O)N[C@@H](Cc3c[nH]c4ccccc34)C(=O)N[C@@H](CCC(N)=O)C(=O)N2)C(=O)N[C@@H](Cc2ccc3ccccc3c2)C(=O)N[C@@](C)(CCCCN)C(=O)N[C@@H](CCCCNC(C)=O)C(=O)N[C@@H](CC(N)=O)C(=O)N[C@@H](CO)C(N)=O)cc1. The molecule has 17 amide bonds. The zero-order valence-corrected chi connectivity index (χ0v) is 67.7. The number of thioether (sulfide) groups is 1. The van der Waals surface area contributed by atoms with Crippen LogP contribution in [0.3, 0.4) is 0 Å². The molecule has 39 nitrogen and oxygen atoms in total. The smallest absolute Gasteiger partial charge is 0.246 e. The summed E-state index contributed by atoms with van der Waals surface area (Å²) in [5.74, 6) is -17.2. The average molecular weight is 1680 g/mol. The highest BCUT2D eigenvalue weighted by molar-refractivity contribution is 7.99. The van der Waals surface area contributed by atoms with E-state index in [2.05, 4.69) is 74.1 Å². The number of nitrogens with one attached hydrogen (secondary N) is 14. The van der Waals surface area contributed by atoms with Gasteiger partial charge in [0.1, 0.15) is 77.7 Å². The van der Waals surface area contributed by atoms with E-state index in [1.165, 1.54) is 21.0 Å². The van der Waals surface area contributed by atoms with E-state index in [0.29, 0.717) is 38.7 Å². The number of methoxy groups -OCH3 is 1. The molecular formula is C79H109N19O20S. The number of para-hydroxylation sites is 1. The summed E-state index contributed by atoms with van der Waals surface area (Å²) in [6.45, 7) is 4.15. The molecule has 0 bridgehead atoms. The van der Waals surface area contributed by atoms with Crippen LogP contribution in [-0.4, -0.2) is 232 Å². The average Bonchev–Trinajstić information content (AvgIpc) is 1.80. The zero-order valence-electron chi connectivity index (χ0n) is 66.8. The summed E-state index contributed by atoms with van der Waals surface area (Å²) in [4.78, 5) is 240. The topological polar surface area (TPSA) is 642 Å². The number of rotatable bonds is 40. The van der Waals surface area contributed by atoms with Crippen LogP contribution in [0.15, 0.2) is 97.2 Å². The Morgan fingerprint density at radius 1 is 0.605 bits per heavy atom. The normalized spacial score (nSPS) is 19.0. The fourth-order valence-electron chi connectivity index (χ4n) is 12.9. The molecule has 0 spiro atoms. The minimum Gasteiger partial charge on any atom is -0.497 e. The van der Waals surface area contributed by atoms with Gasteiger partial charge in [0, 0.05) is 75.3 Å². The maximum atomic E-state index is 15.7. The fourth-order valence-corrected chi connectivity index (χ4v) is 14.0. The number of hydrogen-bond donors (Lipinski definition) is 21. The lowest BCUT2D eigenvalue weighted by Gasteiger charge is -2.34. The molecule has 1 fully saturated rings. The van der Waals surface area contributed by atoms with Gasteiger partial charge in [0.2, 0.25) is 100 Å². The highest BCUT2D eigenvalue weighted by Gasteiger charge is 2.42. The van der Waals surface area contributed by atoms with Crippen LogP contribution < -0.4 is 103 Å². The Hall–Kier alpha value is -12.3. The van der Waals surface area contributed by atoms with E-state index in [-0.39, 0.29) is 89.0 Å². The zero-order chi connectivity index (χ0) is 87.6. The van der Waals surface area contributed by atoms with Gasteiger partial charge in [-0.1, -0.05) is 72.8 Å². The molecule has 1 aromatic heterocycles. The molecule has 13 atom stereocenters. The third kappa shape index (κ3) is 30.9. The van der Waals surface area contributed by atoms with E-state index in [1.807, 2.05) is 12.1 Å². The van der Waals surface area contributed by atoms with Crippen molar-refractivity contribution in [3.8, 4) is 5.75 Å². The number of aliphatic hydroxyl groups is 2. The second-order valence-corrected chi connectivity index (χ2v) is 30.3. The van der Waals surface area contributed by atoms with Crippen molar-refractivity contribution < 1.29 is 96.5 Å². The number of benzene rings is 4. The summed E-state index contributed by atoms with van der Waals surface area (Å²) in [5, 5.41) is 56.3. The number of ether oxygens (including phenoxy) is 1. The van der Waals surface area contributed by atoms with Gasteiger partial charge in [-0.3, -0.25) is 81.5 Å². The monoisotopic (exact) mass is 1680 g/mol. The van der Waals surface area contributed by atoms with Crippen molar-refractivity contribution >= 4 is 134 Å². The molecule has 646 valence electrons. The number of hydrogen-bond acceptors (Lipinski definition) is 22. The van der Waals surface area contributed by atoms with E-state index >= 15 is 28.8 Å². The number of fused-ring (bicyclic) bond motifs is 2. The molecule has 2 heterocycles. The van der Waals surface area contributed by atoms with Gasteiger partial charge in [0.05, 0.1) is 26.2 Å². The first kappa shape index (κ1) is 95.5. The van der Waals surface area contributed by atoms with E-state index < -0.39 is 217 Å². The lowest BCUT2D eigenvalue weighted by atomic mass is 9.91. The van der Waals surface area contributed by atoms with Gasteiger partial charge in [-0.05, 0) is 130 Å². The molecule has 6 rings (SSSR count). The molecule has 0 radical (unpaired) electrons. The number of nitrogens with two attached hydrogens (primary N) is 5. The third-order valence-corrected chi connectivity index (χ3v) is 20.6. The maximum Gasteiger partial charge on any atom is 0.246 e. The van der Waals surface area contributed by atoms with Crippen molar-refractivity contribution in [3.05, 3.63) is 114 Å². The summed E-state index contributed by atoms with van der Waals surface area (Å²) >= 11 is 0.927. The highest BCUT2D eigenvalue weighted by atomic mass is 32.2. The molecular weight excluding hydrogens is 1570 g/mol. The van der Waals surface area contributed by atoms with E-state index in [1.54, 1.807) is 85.1 Å². The summed E-state index contributed by atoms with van der Waals surface area (Å²) in [5.41, 5.74) is 27.8. The molecule has 1 aliphatic rings. The second kappa shape index (κ2) is 47.2. The molecule has 5 aromatic rings. The standard InChI is InChI=1S/C79H109N19O20S/c1-42(100)66-77(116)93-59(37-49-39-86-52-17-9-8-16-51(49)52)73(112)89-54(25-27-63(81)103)69(108)95-62(41-119-33-29-56(87-44(3)102)70(109)88-55(71(110)97-66)26-28-64(82)104)75(114)90-57(35-45-20-23-50(118-5)24-21-45)72(111)91-58(36-46-19-22-47-14-6-7-15-48(47)34-46)76(115)98-79(4,30-11-12-31-80)78(117)96-53(18-10-13-32-85-43(2)101)68(107)92-60(38-65(83)105)74(113)94-61(40-99)67(84)106/h6-9,14-17,19-24,34,39,42,53-62,66,86,99-100H,10-13,18,25-33,35-38,40-41,80H2,1-5H3,(H2,81,103)(H2,82,104)(H2,83,105)(H2,84,106)(H,85,101)(H,87,102)(H,88,109)(H,89,112)(H,90,114)(H,91,111)(H,92,107)(H,93,116)(H,94,113)(H,95,108)(H,96,117)(H,97,110)(H,98,115)/t42-,53+,54+,55+,56+,57+,58+,59+,60+,61+,62+,66+,79+/m1/s1. The summed E-state index contributed by atoms with van der Waals surface area (Å²) in [6.07, 6.45) is -3.90. The summed E-state index contributed by atoms with van der Waals surface area (Å²) in [7, 11) is 1.41. The maximum absolute atomic E-state index is 15.7. The number of aliphatic hydroxyl groups excluding tert-OH is 2. The van der Waals surface area contributed by atoms with Crippen LogP contribution in [-0.2, 0) is 101 Å². The van der Waals surface area contributed by atoms with Crippen molar-refractivity contribution in [1.82, 2.24) is 74.1 Å². The molecule has 26 N–H and O–H groups in total. The van der Waals surface area contributed by atoms with Gasteiger partial charge in [-0.2, -0.15) is 11.8 Å². The highest BCUT2D eigenvalue weighted by Crippen LogP contribution is 2.24. The van der Waals surface area contributed by atoms with E-state index in [0.717, 1.165) is 31.0 Å². The van der Waals surface area contributed by atoms with Crippen LogP contribution in [0.4, 0.5) is 0 Å². The van der Waals surface area contributed by atoms with Gasteiger partial charge in [-0.15, -0.1) is 0 Å². The van der Waals surface area contributed by atoms with Gasteiger partial charge in [-0.25, -0.2) is 0 Å². The van der Waals surface area contributed by atoms with Gasteiger partial charge >= 0.3 is 0 Å². The second-order valence-electron chi connectivity index (χ2n) is 29.2. The Balaban J connectivity index is 1.45. The van der Waals surface area contributed by atoms with Crippen LogP contribution in [0.2, 0.25) is 0 Å². The van der Waals surface area contributed by atoms with Crippen LogP contribution in [0, 0.1) is 0 Å². The first-order valence-corrected chi connectivity index (χ1v) is 39.9. The van der Waals surface area contributed by atoms with Crippen LogP contribution in [0.25, 0.3) is 21.7 Å². The Kier molecular flexibility index (Phi) is 37.9. The largest absolute Gasteiger partial charge is 0.497 e. The Morgan fingerprint density at radius 3 is 1.81 bits per heavy atom. The van der Waals surface area contributed by atoms with Gasteiger partial charge in [0.15, 0.2) is 0 Å². The Bertz CT molecular complexity index is 4450. The predicted octanol–water partition coefficient (Wildman–Crippen LogP) is -4.58. The van der Waals surface area contributed by atoms with Crippen LogP contribution >= 0.6 is 11.8 Å². The summed E-state index contributed by atoms with van der Waals surface area (Å²) < 4.78 is 5.41. The third-order valence-electron chi connectivity index (χ3n) is 19.5. The fraction of sp³-hybridized carbons (Fsp3) is 0.481.